The van der Waals surface area contributed by atoms with Crippen LogP contribution in [0.25, 0.3) is 11.0 Å². The van der Waals surface area contributed by atoms with Gasteiger partial charge in [-0.25, -0.2) is 4.79 Å². The smallest absolute Gasteiger partial charge is 0.322 e. The SMILES string of the molecule is Cc1cccc(NC(=O)N(CCC(C)C)CC(=O)N(Cc2ccc3c(c2)OCO3)Cc2coc3ccc(Cl)cc3c2=O)c1. The topological polar surface area (TPSA) is 101 Å². The molecule has 9 nitrogen and oxygen atoms in total. The molecule has 1 aromatic heterocycles. The highest BCUT2D eigenvalue weighted by molar-refractivity contribution is 6.31. The van der Waals surface area contributed by atoms with Crippen molar-refractivity contribution in [2.75, 3.05) is 25.2 Å². The molecule has 0 saturated heterocycles. The van der Waals surface area contributed by atoms with Gasteiger partial charge in [-0.15, -0.1) is 0 Å². The van der Waals surface area contributed by atoms with Crippen LogP contribution < -0.4 is 20.2 Å². The molecule has 0 radical (unpaired) electrons. The highest BCUT2D eigenvalue weighted by Crippen LogP contribution is 2.33. The van der Waals surface area contributed by atoms with Crippen LogP contribution in [0.4, 0.5) is 10.5 Å². The fraction of sp³-hybridized carbons (Fsp3) is 0.303. The number of nitrogens with one attached hydrogen (secondary N) is 1. The van der Waals surface area contributed by atoms with Crippen LogP contribution in [0, 0.1) is 12.8 Å². The summed E-state index contributed by atoms with van der Waals surface area (Å²) >= 11 is 6.15. The van der Waals surface area contributed by atoms with E-state index in [0.29, 0.717) is 57.6 Å². The lowest BCUT2D eigenvalue weighted by Crippen LogP contribution is -2.45. The van der Waals surface area contributed by atoms with Crippen molar-refractivity contribution in [1.29, 1.82) is 0 Å². The minimum atomic E-state index is -0.373. The molecule has 0 saturated carbocycles. The molecule has 0 aliphatic carbocycles. The zero-order valence-electron chi connectivity index (χ0n) is 24.4. The molecule has 1 N–H and O–H groups in total. The van der Waals surface area contributed by atoms with E-state index in [0.717, 1.165) is 11.1 Å². The van der Waals surface area contributed by atoms with Gasteiger partial charge >= 0.3 is 6.03 Å². The zero-order valence-corrected chi connectivity index (χ0v) is 25.1. The van der Waals surface area contributed by atoms with Crippen molar-refractivity contribution in [2.24, 2.45) is 5.92 Å². The molecular weight excluding hydrogens is 570 g/mol. The number of hydrogen-bond donors (Lipinski definition) is 1. The fourth-order valence-electron chi connectivity index (χ4n) is 4.81. The maximum atomic E-state index is 14.0. The van der Waals surface area contributed by atoms with Gasteiger partial charge in [0.1, 0.15) is 12.1 Å². The average molecular weight is 604 g/mol. The zero-order chi connectivity index (χ0) is 30.5. The maximum Gasteiger partial charge on any atom is 0.322 e. The van der Waals surface area contributed by atoms with E-state index in [1.807, 2.05) is 43.3 Å². The van der Waals surface area contributed by atoms with E-state index in [1.54, 1.807) is 29.2 Å². The van der Waals surface area contributed by atoms with Crippen LogP contribution in [0.15, 0.2) is 76.1 Å². The van der Waals surface area contributed by atoms with Gasteiger partial charge < -0.3 is 29.0 Å². The van der Waals surface area contributed by atoms with Gasteiger partial charge in [-0.2, -0.15) is 0 Å². The predicted octanol–water partition coefficient (Wildman–Crippen LogP) is 6.59. The van der Waals surface area contributed by atoms with E-state index in [2.05, 4.69) is 19.2 Å². The summed E-state index contributed by atoms with van der Waals surface area (Å²) in [6.07, 6.45) is 2.09. The Hall–Kier alpha value is -4.50. The second-order valence-corrected chi connectivity index (χ2v) is 11.5. The summed E-state index contributed by atoms with van der Waals surface area (Å²) in [5.41, 5.74) is 2.86. The van der Waals surface area contributed by atoms with Crippen molar-refractivity contribution in [3.05, 3.63) is 98.9 Å². The summed E-state index contributed by atoms with van der Waals surface area (Å²) in [4.78, 5) is 43.9. The minimum absolute atomic E-state index is 0.0322. The van der Waals surface area contributed by atoms with E-state index in [4.69, 9.17) is 25.5 Å². The molecule has 0 spiro atoms. The Bertz CT molecular complexity index is 1700. The number of nitrogens with zero attached hydrogens (tertiary/aromatic N) is 2. The third-order valence-electron chi connectivity index (χ3n) is 7.19. The normalized spacial score (nSPS) is 12.0. The quantitative estimate of drug-likeness (QED) is 0.219. The van der Waals surface area contributed by atoms with E-state index in [-0.39, 0.29) is 43.8 Å². The standard InChI is InChI=1S/C33H34ClN3O6/c1-21(2)11-12-36(33(40)35-26-6-4-5-22(3)13-26)18-31(38)37(16-23-7-9-29-30(14-23)43-20-42-29)17-24-19-41-28-10-8-25(34)15-27(28)32(24)39/h4-10,13-15,19,21H,11-12,16-18,20H2,1-3H3,(H,35,40). The molecule has 3 amide bonds. The van der Waals surface area contributed by atoms with Crippen molar-refractivity contribution >= 4 is 40.2 Å². The molecule has 4 aromatic rings. The number of fused-ring (bicyclic) bond motifs is 2. The molecule has 2 heterocycles. The number of halogens is 1. The van der Waals surface area contributed by atoms with Crippen LogP contribution >= 0.6 is 11.6 Å². The third-order valence-corrected chi connectivity index (χ3v) is 7.42. The maximum absolute atomic E-state index is 14.0. The van der Waals surface area contributed by atoms with Crippen LogP contribution in [0.5, 0.6) is 11.5 Å². The Morgan fingerprint density at radius 1 is 0.977 bits per heavy atom. The monoisotopic (exact) mass is 603 g/mol. The molecule has 0 bridgehead atoms. The first-order chi connectivity index (χ1) is 20.7. The molecule has 5 rings (SSSR count). The summed E-state index contributed by atoms with van der Waals surface area (Å²) in [6, 6.07) is 17.4. The molecule has 1 aliphatic heterocycles. The summed E-state index contributed by atoms with van der Waals surface area (Å²) in [6.45, 7) is 6.54. The van der Waals surface area contributed by atoms with Crippen molar-refractivity contribution in [1.82, 2.24) is 9.80 Å². The summed E-state index contributed by atoms with van der Waals surface area (Å²) in [7, 11) is 0. The van der Waals surface area contributed by atoms with E-state index in [1.165, 1.54) is 11.2 Å². The molecular formula is C33H34ClN3O6. The summed E-state index contributed by atoms with van der Waals surface area (Å²) in [5.74, 6) is 1.21. The number of urea groups is 1. The van der Waals surface area contributed by atoms with Gasteiger partial charge in [0.05, 0.1) is 23.8 Å². The van der Waals surface area contributed by atoms with Crippen molar-refractivity contribution in [3.8, 4) is 11.5 Å². The van der Waals surface area contributed by atoms with E-state index >= 15 is 0 Å². The van der Waals surface area contributed by atoms with Crippen molar-refractivity contribution < 1.29 is 23.5 Å². The van der Waals surface area contributed by atoms with E-state index < -0.39 is 0 Å². The number of benzene rings is 3. The molecule has 224 valence electrons. The van der Waals surface area contributed by atoms with Crippen molar-refractivity contribution in [3.63, 3.8) is 0 Å². The second-order valence-electron chi connectivity index (χ2n) is 11.1. The Kier molecular flexibility index (Phi) is 9.21. The lowest BCUT2D eigenvalue weighted by molar-refractivity contribution is -0.133. The Labute approximate surface area is 254 Å². The van der Waals surface area contributed by atoms with Gasteiger partial charge in [0, 0.05) is 23.8 Å². The second kappa shape index (κ2) is 13.2. The molecule has 0 atom stereocenters. The van der Waals surface area contributed by atoms with Crippen LogP contribution in [0.3, 0.4) is 0 Å². The van der Waals surface area contributed by atoms with Gasteiger partial charge in [0.2, 0.25) is 12.7 Å². The van der Waals surface area contributed by atoms with Gasteiger partial charge in [0.25, 0.3) is 0 Å². The van der Waals surface area contributed by atoms with Crippen LogP contribution in [0.2, 0.25) is 5.02 Å². The number of aryl methyl sites for hydroxylation is 1. The van der Waals surface area contributed by atoms with Gasteiger partial charge in [0.15, 0.2) is 16.9 Å². The first-order valence-electron chi connectivity index (χ1n) is 14.1. The van der Waals surface area contributed by atoms with Gasteiger partial charge in [-0.1, -0.05) is 43.6 Å². The minimum Gasteiger partial charge on any atom is -0.464 e. The number of carbonyl (C=O) groups is 2. The molecule has 0 fully saturated rings. The van der Waals surface area contributed by atoms with Crippen molar-refractivity contribution in [2.45, 2.75) is 40.3 Å². The first kappa shape index (κ1) is 30.0. The molecule has 10 heteroatoms. The summed E-state index contributed by atoms with van der Waals surface area (Å²) < 4.78 is 16.7. The first-order valence-corrected chi connectivity index (χ1v) is 14.5. The number of hydrogen-bond acceptors (Lipinski definition) is 6. The average Bonchev–Trinajstić information content (AvgIpc) is 3.44. The molecule has 3 aromatic carbocycles. The van der Waals surface area contributed by atoms with Crippen LogP contribution in [0.1, 0.15) is 37.0 Å². The largest absolute Gasteiger partial charge is 0.464 e. The van der Waals surface area contributed by atoms with Gasteiger partial charge in [-0.3, -0.25) is 9.59 Å². The van der Waals surface area contributed by atoms with Gasteiger partial charge in [-0.05, 0) is 72.9 Å². The Balaban J connectivity index is 1.43. The number of anilines is 1. The molecule has 0 unspecified atom stereocenters. The number of amides is 3. The van der Waals surface area contributed by atoms with E-state index in [9.17, 15) is 14.4 Å². The molecule has 43 heavy (non-hydrogen) atoms. The summed E-state index contributed by atoms with van der Waals surface area (Å²) in [5, 5.41) is 3.66. The number of rotatable bonds is 10. The predicted molar refractivity (Wildman–Crippen MR) is 166 cm³/mol. The Morgan fingerprint density at radius 3 is 2.58 bits per heavy atom. The highest BCUT2D eigenvalue weighted by Gasteiger charge is 2.24. The number of carbonyl (C=O) groups excluding carboxylic acids is 2. The molecule has 1 aliphatic rings. The lowest BCUT2D eigenvalue weighted by atomic mass is 10.1. The highest BCUT2D eigenvalue weighted by atomic mass is 35.5. The fourth-order valence-corrected chi connectivity index (χ4v) is 4.98. The lowest BCUT2D eigenvalue weighted by Gasteiger charge is -2.28. The Morgan fingerprint density at radius 2 is 1.79 bits per heavy atom. The number of ether oxygens (including phenoxy) is 2. The van der Waals surface area contributed by atoms with Crippen LogP contribution in [-0.4, -0.2) is 41.6 Å². The third kappa shape index (κ3) is 7.48. The van der Waals surface area contributed by atoms with Crippen LogP contribution in [-0.2, 0) is 17.9 Å².